The maximum atomic E-state index is 14.1. The number of carbonyl (C=O) groups is 4. The SMILES string of the molecule is Cc1cccc(Cl)c1NC(=O)C(c1ccccc1O)N(C(=O)C(CC(N)=O)NC(=O)OC(C)(C)C)C(C)(C)C. The van der Waals surface area contributed by atoms with Crippen molar-refractivity contribution in [3.8, 4) is 5.75 Å². The van der Waals surface area contributed by atoms with Crippen LogP contribution in [-0.4, -0.2) is 51.0 Å². The summed E-state index contributed by atoms with van der Waals surface area (Å²) in [7, 11) is 0. The Morgan fingerprint density at radius 1 is 1.03 bits per heavy atom. The first kappa shape index (κ1) is 31.4. The van der Waals surface area contributed by atoms with Gasteiger partial charge in [0, 0.05) is 11.1 Å². The van der Waals surface area contributed by atoms with Crippen LogP contribution < -0.4 is 16.4 Å². The van der Waals surface area contributed by atoms with Crippen molar-refractivity contribution in [3.05, 3.63) is 58.6 Å². The maximum Gasteiger partial charge on any atom is 0.408 e. The zero-order valence-electron chi connectivity index (χ0n) is 23.3. The van der Waals surface area contributed by atoms with Crippen LogP contribution in [-0.2, 0) is 19.1 Å². The summed E-state index contributed by atoms with van der Waals surface area (Å²) in [6, 6.07) is 8.34. The van der Waals surface area contributed by atoms with Crippen molar-refractivity contribution in [1.29, 1.82) is 0 Å². The second kappa shape index (κ2) is 12.4. The molecular formula is C28H37ClN4O6. The topological polar surface area (TPSA) is 151 Å². The summed E-state index contributed by atoms with van der Waals surface area (Å²) in [5, 5.41) is 16.2. The highest BCUT2D eigenvalue weighted by atomic mass is 35.5. The number of primary amides is 1. The van der Waals surface area contributed by atoms with E-state index >= 15 is 0 Å². The number of rotatable bonds is 8. The molecule has 2 aromatic carbocycles. The van der Waals surface area contributed by atoms with E-state index < -0.39 is 53.5 Å². The number of carbonyl (C=O) groups excluding carboxylic acids is 4. The van der Waals surface area contributed by atoms with E-state index in [1.165, 1.54) is 17.0 Å². The number of amides is 4. The van der Waals surface area contributed by atoms with E-state index in [9.17, 15) is 24.3 Å². The molecule has 11 heteroatoms. The van der Waals surface area contributed by atoms with Crippen LogP contribution in [0.1, 0.15) is 65.1 Å². The number of aryl methyl sites for hydroxylation is 1. The number of hydrogen-bond donors (Lipinski definition) is 4. The first-order valence-corrected chi connectivity index (χ1v) is 12.7. The number of para-hydroxylation sites is 2. The summed E-state index contributed by atoms with van der Waals surface area (Å²) < 4.78 is 5.28. The Morgan fingerprint density at radius 3 is 2.15 bits per heavy atom. The Hall–Kier alpha value is -3.79. The third kappa shape index (κ3) is 8.61. The van der Waals surface area contributed by atoms with Gasteiger partial charge < -0.3 is 31.1 Å². The number of nitrogens with one attached hydrogen (secondary N) is 2. The number of anilines is 1. The van der Waals surface area contributed by atoms with Gasteiger partial charge in [-0.25, -0.2) is 4.79 Å². The number of aromatic hydroxyl groups is 1. The number of halogens is 1. The van der Waals surface area contributed by atoms with Crippen LogP contribution in [0.15, 0.2) is 42.5 Å². The molecule has 0 bridgehead atoms. The van der Waals surface area contributed by atoms with Crippen molar-refractivity contribution in [1.82, 2.24) is 10.2 Å². The van der Waals surface area contributed by atoms with Crippen molar-refractivity contribution in [2.45, 2.75) is 78.1 Å². The van der Waals surface area contributed by atoms with Crippen LogP contribution in [0.5, 0.6) is 5.75 Å². The van der Waals surface area contributed by atoms with Crippen molar-refractivity contribution in [2.24, 2.45) is 5.73 Å². The molecule has 2 unspecified atom stereocenters. The van der Waals surface area contributed by atoms with E-state index in [0.29, 0.717) is 11.3 Å². The van der Waals surface area contributed by atoms with Gasteiger partial charge in [-0.05, 0) is 66.2 Å². The van der Waals surface area contributed by atoms with E-state index in [1.54, 1.807) is 78.8 Å². The molecule has 0 aliphatic heterocycles. The summed E-state index contributed by atoms with van der Waals surface area (Å²) in [4.78, 5) is 53.7. The average Bonchev–Trinajstić information content (AvgIpc) is 2.77. The number of alkyl carbamates (subject to hydrolysis) is 1. The number of phenolic OH excluding ortho intramolecular Hbond substituents is 1. The summed E-state index contributed by atoms with van der Waals surface area (Å²) in [5.41, 5.74) is 4.63. The number of benzene rings is 2. The zero-order valence-corrected chi connectivity index (χ0v) is 24.1. The zero-order chi connectivity index (χ0) is 29.7. The first-order chi connectivity index (χ1) is 17.9. The van der Waals surface area contributed by atoms with Crippen molar-refractivity contribution in [3.63, 3.8) is 0 Å². The van der Waals surface area contributed by atoms with Crippen molar-refractivity contribution >= 4 is 41.1 Å². The molecule has 0 fully saturated rings. The molecule has 39 heavy (non-hydrogen) atoms. The van der Waals surface area contributed by atoms with Crippen LogP contribution >= 0.6 is 11.6 Å². The van der Waals surface area contributed by atoms with Gasteiger partial charge in [0.25, 0.3) is 5.91 Å². The number of phenols is 1. The molecule has 0 radical (unpaired) electrons. The minimum Gasteiger partial charge on any atom is -0.508 e. The second-order valence-electron chi connectivity index (χ2n) is 11.1. The molecule has 0 aromatic heterocycles. The third-order valence-electron chi connectivity index (χ3n) is 5.56. The smallest absolute Gasteiger partial charge is 0.408 e. The molecule has 4 amide bonds. The first-order valence-electron chi connectivity index (χ1n) is 12.4. The van der Waals surface area contributed by atoms with E-state index in [2.05, 4.69) is 10.6 Å². The lowest BCUT2D eigenvalue weighted by molar-refractivity contribution is -0.147. The fourth-order valence-corrected chi connectivity index (χ4v) is 4.23. The Morgan fingerprint density at radius 2 is 1.64 bits per heavy atom. The largest absolute Gasteiger partial charge is 0.508 e. The monoisotopic (exact) mass is 560 g/mol. The van der Waals surface area contributed by atoms with E-state index in [4.69, 9.17) is 22.1 Å². The van der Waals surface area contributed by atoms with Gasteiger partial charge >= 0.3 is 6.09 Å². The summed E-state index contributed by atoms with van der Waals surface area (Å²) in [5.74, 6) is -2.55. The molecule has 212 valence electrons. The fourth-order valence-electron chi connectivity index (χ4n) is 3.96. The summed E-state index contributed by atoms with van der Waals surface area (Å²) in [6.45, 7) is 11.7. The molecule has 5 N–H and O–H groups in total. The van der Waals surface area contributed by atoms with E-state index in [1.807, 2.05) is 0 Å². The normalized spacial score (nSPS) is 13.1. The molecule has 0 aliphatic carbocycles. The standard InChI is InChI=1S/C28H37ClN4O6/c1-16-11-10-13-18(29)22(16)32-24(36)23(17-12-8-9-14-20(17)34)33(27(2,3)4)25(37)19(15-21(30)35)31-26(38)39-28(5,6)7/h8-14,19,23,34H,15H2,1-7H3,(H2,30,35)(H,31,38)(H,32,36). The second-order valence-corrected chi connectivity index (χ2v) is 11.5. The highest BCUT2D eigenvalue weighted by Gasteiger charge is 2.43. The summed E-state index contributed by atoms with van der Waals surface area (Å²) >= 11 is 6.35. The maximum absolute atomic E-state index is 14.1. The van der Waals surface area contributed by atoms with Crippen LogP contribution in [0.4, 0.5) is 10.5 Å². The molecule has 0 aliphatic rings. The fraction of sp³-hybridized carbons (Fsp3) is 0.429. The molecule has 0 saturated carbocycles. The van der Waals surface area contributed by atoms with E-state index in [0.717, 1.165) is 0 Å². The number of nitrogens with two attached hydrogens (primary N) is 1. The van der Waals surface area contributed by atoms with Crippen molar-refractivity contribution in [2.75, 3.05) is 5.32 Å². The molecule has 0 heterocycles. The van der Waals surface area contributed by atoms with Gasteiger partial charge in [-0.15, -0.1) is 0 Å². The van der Waals surface area contributed by atoms with Gasteiger partial charge in [-0.1, -0.05) is 41.9 Å². The molecular weight excluding hydrogens is 524 g/mol. The average molecular weight is 561 g/mol. The number of nitrogens with zero attached hydrogens (tertiary/aromatic N) is 1. The number of ether oxygens (including phenoxy) is 1. The van der Waals surface area contributed by atoms with Crippen LogP contribution in [0.25, 0.3) is 0 Å². The van der Waals surface area contributed by atoms with Gasteiger partial charge in [0.1, 0.15) is 23.4 Å². The molecule has 0 spiro atoms. The Labute approximate surface area is 233 Å². The van der Waals surface area contributed by atoms with Gasteiger partial charge in [-0.2, -0.15) is 0 Å². The van der Waals surface area contributed by atoms with Gasteiger partial charge in [0.05, 0.1) is 17.1 Å². The third-order valence-corrected chi connectivity index (χ3v) is 5.88. The Balaban J connectivity index is 2.65. The molecule has 10 nitrogen and oxygen atoms in total. The van der Waals surface area contributed by atoms with Gasteiger partial charge in [0.2, 0.25) is 11.8 Å². The predicted molar refractivity (Wildman–Crippen MR) is 149 cm³/mol. The molecule has 2 rings (SSSR count). The quantitative estimate of drug-likeness (QED) is 0.375. The van der Waals surface area contributed by atoms with Crippen molar-refractivity contribution < 1.29 is 29.0 Å². The Kier molecular flexibility index (Phi) is 9.97. The number of hydrogen-bond acceptors (Lipinski definition) is 6. The lowest BCUT2D eigenvalue weighted by atomic mass is 9.94. The highest BCUT2D eigenvalue weighted by Crippen LogP contribution is 2.36. The molecule has 2 atom stereocenters. The predicted octanol–water partition coefficient (Wildman–Crippen LogP) is 4.43. The molecule has 0 saturated heterocycles. The summed E-state index contributed by atoms with van der Waals surface area (Å²) in [6.07, 6.45) is -1.49. The highest BCUT2D eigenvalue weighted by molar-refractivity contribution is 6.34. The minimum absolute atomic E-state index is 0.123. The molecule has 2 aromatic rings. The van der Waals surface area contributed by atoms with Gasteiger partial charge in [0.15, 0.2) is 0 Å². The lowest BCUT2D eigenvalue weighted by Crippen LogP contribution is -2.58. The van der Waals surface area contributed by atoms with Crippen LogP contribution in [0.3, 0.4) is 0 Å². The lowest BCUT2D eigenvalue weighted by Gasteiger charge is -2.43. The Bertz CT molecular complexity index is 1220. The minimum atomic E-state index is -1.46. The van der Waals surface area contributed by atoms with Gasteiger partial charge in [-0.3, -0.25) is 14.4 Å². The van der Waals surface area contributed by atoms with Crippen LogP contribution in [0, 0.1) is 6.92 Å². The van der Waals surface area contributed by atoms with E-state index in [-0.39, 0.29) is 16.3 Å². The van der Waals surface area contributed by atoms with Crippen LogP contribution in [0.2, 0.25) is 5.02 Å².